The molecule has 0 fully saturated rings. The molecule has 4 nitrogen and oxygen atoms in total. The van der Waals surface area contributed by atoms with Crippen LogP contribution in [0.4, 0.5) is 0 Å². The van der Waals surface area contributed by atoms with Crippen LogP contribution in [-0.4, -0.2) is 22.0 Å². The van der Waals surface area contributed by atoms with Crippen molar-refractivity contribution in [3.05, 3.63) is 11.6 Å². The molecule has 73 valence electrons. The van der Waals surface area contributed by atoms with Crippen molar-refractivity contribution >= 4 is 5.91 Å². The first-order chi connectivity index (χ1) is 10.7. The Labute approximate surface area is 94.8 Å². The Hall–Kier alpha value is -0.870. The molecule has 1 aliphatic rings. The van der Waals surface area contributed by atoms with Crippen LogP contribution in [0.15, 0.2) is 11.6 Å². The van der Waals surface area contributed by atoms with Crippen molar-refractivity contribution in [1.82, 2.24) is 5.06 Å². The van der Waals surface area contributed by atoms with E-state index in [4.69, 9.17) is 22.2 Å². The molecule has 0 aromatic rings. The molecule has 13 heavy (non-hydrogen) atoms. The number of nitrogens with zero attached hydrogens (tertiary/aromatic N) is 1. The second-order valence-corrected chi connectivity index (χ2v) is 2.69. The van der Waals surface area contributed by atoms with E-state index in [2.05, 4.69) is 0 Å². The van der Waals surface area contributed by atoms with Crippen LogP contribution in [0, 0.1) is 0 Å². The molecule has 0 spiro atoms. The van der Waals surface area contributed by atoms with Gasteiger partial charge in [0, 0.05) is 22.0 Å². The number of carbonyl (C=O) groups is 1. The van der Waals surface area contributed by atoms with Crippen LogP contribution < -0.4 is 5.73 Å². The predicted octanol–water partition coefficient (Wildman–Crippen LogP) is 0.616. The van der Waals surface area contributed by atoms with E-state index in [1.165, 1.54) is 0 Å². The van der Waals surface area contributed by atoms with Gasteiger partial charge in [-0.15, -0.1) is 10.3 Å². The quantitative estimate of drug-likeness (QED) is 0.666. The molecule has 0 saturated carbocycles. The van der Waals surface area contributed by atoms with Crippen molar-refractivity contribution < 1.29 is 26.5 Å². The summed E-state index contributed by atoms with van der Waals surface area (Å²) in [6.07, 6.45) is 0.0566. The normalized spacial score (nSPS) is 43.3. The summed E-state index contributed by atoms with van der Waals surface area (Å²) >= 11 is 0. The van der Waals surface area contributed by atoms with E-state index < -0.39 is 55.0 Å². The molecule has 0 aromatic carbocycles. The monoisotopic (exact) mass is 195 g/mol. The number of amides is 1. The Morgan fingerprint density at radius 2 is 2.15 bits per heavy atom. The zero-order valence-electron chi connectivity index (χ0n) is 18.4. The van der Waals surface area contributed by atoms with Gasteiger partial charge < -0.3 is 5.73 Å². The minimum atomic E-state index is -3.79. The summed E-state index contributed by atoms with van der Waals surface area (Å²) in [6, 6.07) is 0. The highest BCUT2D eigenvalue weighted by atomic mass is 16.5. The Balaban J connectivity index is 4.12. The van der Waals surface area contributed by atoms with Crippen LogP contribution in [0.5, 0.6) is 0 Å². The van der Waals surface area contributed by atoms with Crippen molar-refractivity contribution in [2.24, 2.45) is 5.73 Å². The summed E-state index contributed by atoms with van der Waals surface area (Å²) in [5.41, 5.74) is -3.71. The van der Waals surface area contributed by atoms with Crippen LogP contribution in [0.25, 0.3) is 0 Å². The maximum atomic E-state index is 12.9. The maximum absolute atomic E-state index is 12.9. The lowest BCUT2D eigenvalue weighted by molar-refractivity contribution is -0.238. The van der Waals surface area contributed by atoms with Crippen molar-refractivity contribution in [3.63, 3.8) is 0 Å². The van der Waals surface area contributed by atoms with Crippen LogP contribution in [0.3, 0.4) is 0 Å². The van der Waals surface area contributed by atoms with Gasteiger partial charge in [-0.1, -0.05) is 6.08 Å². The SMILES string of the molecule is [2H]C([2H])([2H])C1(C([2H])([2H])[2H])C=C(C(N)=O)C(C([2H])([2H])[2H])(C([2H])([2H])[2H])N1[O]. The van der Waals surface area contributed by atoms with E-state index in [0.717, 1.165) is 0 Å². The fraction of sp³-hybridized carbons (Fsp3) is 0.667. The lowest BCUT2D eigenvalue weighted by Crippen LogP contribution is -2.48. The predicted molar refractivity (Wildman–Crippen MR) is 48.0 cm³/mol. The molecule has 4 heteroatoms. The summed E-state index contributed by atoms with van der Waals surface area (Å²) in [6.45, 7) is -15.0. The van der Waals surface area contributed by atoms with E-state index in [0.29, 0.717) is 0 Å². The molecule has 1 amide bonds. The number of nitrogens with two attached hydrogens (primary N) is 1. The van der Waals surface area contributed by atoms with Crippen LogP contribution in [0.2, 0.25) is 0 Å². The van der Waals surface area contributed by atoms with E-state index in [-0.39, 0.29) is 6.08 Å². The molecule has 1 heterocycles. The Morgan fingerprint density at radius 3 is 2.46 bits per heavy atom. The largest absolute Gasteiger partial charge is 0.366 e. The van der Waals surface area contributed by atoms with Gasteiger partial charge in [0.2, 0.25) is 5.91 Å². The van der Waals surface area contributed by atoms with Crippen LogP contribution >= 0.6 is 0 Å². The summed E-state index contributed by atoms with van der Waals surface area (Å²) in [4.78, 5) is 11.7. The Bertz CT molecular complexity index is 568. The van der Waals surface area contributed by atoms with Crippen molar-refractivity contribution in [1.29, 1.82) is 0 Å². The number of hydrogen-bond donors (Lipinski definition) is 1. The third-order valence-electron chi connectivity index (χ3n) is 1.63. The van der Waals surface area contributed by atoms with Crippen molar-refractivity contribution in [2.75, 3.05) is 0 Å². The van der Waals surface area contributed by atoms with Crippen LogP contribution in [0.1, 0.15) is 43.9 Å². The van der Waals surface area contributed by atoms with Gasteiger partial charge in [-0.05, 0) is 27.4 Å². The van der Waals surface area contributed by atoms with E-state index >= 15 is 0 Å². The van der Waals surface area contributed by atoms with E-state index in [9.17, 15) is 10.0 Å². The molecular formula is C9H15N2O2. The molecule has 0 aromatic heterocycles. The number of hydrogen-bond acceptors (Lipinski definition) is 2. The molecule has 0 saturated heterocycles. The van der Waals surface area contributed by atoms with E-state index in [1.807, 2.05) is 0 Å². The Kier molecular flexibility index (Phi) is 0.508. The standard InChI is InChI=1S/C9H15N2O2/c1-8(2)5-6(7(10)12)9(3,4)11(8)13/h5H,1-4H3,(H2,10,12)/i1D3,2D3,3D3,4D3. The van der Waals surface area contributed by atoms with Gasteiger partial charge in [-0.2, -0.15) is 0 Å². The first-order valence-corrected chi connectivity index (χ1v) is 3.20. The zero-order valence-corrected chi connectivity index (χ0v) is 6.42. The smallest absolute Gasteiger partial charge is 0.246 e. The molecule has 1 aliphatic heterocycles. The zero-order chi connectivity index (χ0) is 20.4. The highest BCUT2D eigenvalue weighted by Gasteiger charge is 2.48. The fourth-order valence-electron chi connectivity index (χ4n) is 0.995. The molecule has 2 N–H and O–H groups in total. The lowest BCUT2D eigenvalue weighted by Gasteiger charge is -2.33. The molecule has 0 bridgehead atoms. The van der Waals surface area contributed by atoms with Crippen molar-refractivity contribution in [3.8, 4) is 0 Å². The summed E-state index contributed by atoms with van der Waals surface area (Å²) in [5.74, 6) is -1.72. The first-order valence-electron chi connectivity index (χ1n) is 9.20. The molecule has 1 radical (unpaired) electrons. The van der Waals surface area contributed by atoms with Gasteiger partial charge >= 0.3 is 0 Å². The third-order valence-corrected chi connectivity index (χ3v) is 1.63. The average molecular weight is 195 g/mol. The second kappa shape index (κ2) is 2.56. The topological polar surface area (TPSA) is 66.2 Å². The van der Waals surface area contributed by atoms with Gasteiger partial charge in [0.15, 0.2) is 0 Å². The maximum Gasteiger partial charge on any atom is 0.246 e. The Morgan fingerprint density at radius 1 is 1.54 bits per heavy atom. The van der Waals surface area contributed by atoms with E-state index in [1.54, 1.807) is 0 Å². The van der Waals surface area contributed by atoms with Gasteiger partial charge in [0.1, 0.15) is 0 Å². The molecular weight excluding hydrogens is 168 g/mol. The molecule has 1 rings (SSSR count). The van der Waals surface area contributed by atoms with Crippen LogP contribution in [-0.2, 0) is 10.0 Å². The number of carbonyl (C=O) groups excluding carboxylic acids is 1. The average Bonchev–Trinajstić information content (AvgIpc) is 2.57. The van der Waals surface area contributed by atoms with Gasteiger partial charge in [-0.3, -0.25) is 4.79 Å². The molecule has 0 aliphatic carbocycles. The minimum Gasteiger partial charge on any atom is -0.366 e. The number of rotatable bonds is 1. The molecule has 0 unspecified atom stereocenters. The van der Waals surface area contributed by atoms with Gasteiger partial charge in [0.25, 0.3) is 0 Å². The lowest BCUT2D eigenvalue weighted by atomic mass is 9.96. The minimum absolute atomic E-state index is 0.0566. The van der Waals surface area contributed by atoms with Gasteiger partial charge in [0.05, 0.1) is 11.1 Å². The second-order valence-electron chi connectivity index (χ2n) is 2.69. The number of hydroxylamine groups is 2. The fourth-order valence-corrected chi connectivity index (χ4v) is 0.995. The highest BCUT2D eigenvalue weighted by Crippen LogP contribution is 2.38. The summed E-state index contributed by atoms with van der Waals surface area (Å²) in [5, 5.41) is 11.9. The summed E-state index contributed by atoms with van der Waals surface area (Å²) < 4.78 is 89.6. The first kappa shape index (κ1) is 2.58. The third kappa shape index (κ3) is 1.36. The highest BCUT2D eigenvalue weighted by molar-refractivity contribution is 5.95. The van der Waals surface area contributed by atoms with Crippen molar-refractivity contribution in [2.45, 2.75) is 38.5 Å². The number of primary amides is 1. The summed E-state index contributed by atoms with van der Waals surface area (Å²) in [7, 11) is 0. The van der Waals surface area contributed by atoms with Gasteiger partial charge in [-0.25, -0.2) is 0 Å². The molecule has 0 atom stereocenters.